The summed E-state index contributed by atoms with van der Waals surface area (Å²) in [6.45, 7) is 1.87. The molecule has 4 heteroatoms. The molecule has 0 aliphatic carbocycles. The molecule has 0 spiro atoms. The van der Waals surface area contributed by atoms with Gasteiger partial charge in [0.05, 0.1) is 11.5 Å². The Balaban J connectivity index is 2.72. The van der Waals surface area contributed by atoms with Crippen molar-refractivity contribution in [3.05, 3.63) is 11.5 Å². The van der Waals surface area contributed by atoms with Crippen LogP contribution in [0.25, 0.3) is 0 Å². The van der Waals surface area contributed by atoms with E-state index in [1.54, 1.807) is 6.08 Å². The van der Waals surface area contributed by atoms with Crippen molar-refractivity contribution in [3.8, 4) is 0 Å². The molecule has 52 valence electrons. The van der Waals surface area contributed by atoms with Gasteiger partial charge in [-0.05, 0) is 12.5 Å². The molecule has 1 rings (SSSR count). The largest absolute Gasteiger partial charge is 0.290 e. The highest BCUT2D eigenvalue weighted by Crippen LogP contribution is 2.14. The minimum Gasteiger partial charge on any atom is -0.259 e. The first-order valence-electron chi connectivity index (χ1n) is 2.75. The average Bonchev–Trinajstić information content (AvgIpc) is 2.10. The highest BCUT2D eigenvalue weighted by atomic mass is 32.2. The molecule has 0 aromatic heterocycles. The Kier molecular flexibility index (Phi) is 1.59. The monoisotopic (exact) mass is 148 g/mol. The second kappa shape index (κ2) is 2.11. The number of rotatable bonds is 1. The Labute approximate surface area is 54.5 Å². The maximum atomic E-state index is 10.5. The van der Waals surface area contributed by atoms with Crippen molar-refractivity contribution in [2.75, 3.05) is 0 Å². The molecule has 0 N–H and O–H groups in total. The first-order chi connectivity index (χ1) is 4.14. The Morgan fingerprint density at radius 1 is 1.67 bits per heavy atom. The fourth-order valence-electron chi connectivity index (χ4n) is 0.624. The molecule has 0 bridgehead atoms. The van der Waals surface area contributed by atoms with E-state index < -0.39 is 10.1 Å². The van der Waals surface area contributed by atoms with Crippen LogP contribution in [0.15, 0.2) is 11.5 Å². The number of hydrogen-bond donors (Lipinski definition) is 0. The highest BCUT2D eigenvalue weighted by Gasteiger charge is 2.19. The fraction of sp³-hybridized carbons (Fsp3) is 0.600. The van der Waals surface area contributed by atoms with E-state index in [0.29, 0.717) is 6.42 Å². The Morgan fingerprint density at radius 3 is 2.56 bits per heavy atom. The van der Waals surface area contributed by atoms with E-state index in [2.05, 4.69) is 4.18 Å². The Morgan fingerprint density at radius 2 is 2.33 bits per heavy atom. The summed E-state index contributed by atoms with van der Waals surface area (Å²) in [5, 5.41) is 1.10. The van der Waals surface area contributed by atoms with Gasteiger partial charge in [0.25, 0.3) is 10.1 Å². The van der Waals surface area contributed by atoms with E-state index in [0.717, 1.165) is 5.41 Å². The van der Waals surface area contributed by atoms with Crippen LogP contribution in [0.2, 0.25) is 0 Å². The van der Waals surface area contributed by atoms with Crippen LogP contribution in [0.3, 0.4) is 0 Å². The normalized spacial score (nSPS) is 31.0. The van der Waals surface area contributed by atoms with Gasteiger partial charge in [0.15, 0.2) is 0 Å². The second-order valence-corrected chi connectivity index (χ2v) is 3.31. The van der Waals surface area contributed by atoms with Crippen LogP contribution in [0.5, 0.6) is 0 Å². The van der Waals surface area contributed by atoms with Gasteiger partial charge in [-0.3, -0.25) is 4.18 Å². The smallest absolute Gasteiger partial charge is 0.259 e. The van der Waals surface area contributed by atoms with Crippen molar-refractivity contribution in [3.63, 3.8) is 0 Å². The van der Waals surface area contributed by atoms with E-state index in [-0.39, 0.29) is 6.10 Å². The van der Waals surface area contributed by atoms with Crippen molar-refractivity contribution < 1.29 is 12.6 Å². The quantitative estimate of drug-likeness (QED) is 0.512. The molecule has 1 heterocycles. The molecule has 1 unspecified atom stereocenters. The molecule has 0 amide bonds. The third kappa shape index (κ3) is 1.53. The molecular formula is C5H8O3S. The van der Waals surface area contributed by atoms with Gasteiger partial charge < -0.3 is 0 Å². The maximum absolute atomic E-state index is 10.5. The summed E-state index contributed by atoms with van der Waals surface area (Å²) in [5.74, 6) is 0. The minimum atomic E-state index is -3.29. The molecule has 0 saturated heterocycles. The van der Waals surface area contributed by atoms with Crippen LogP contribution < -0.4 is 0 Å². The van der Waals surface area contributed by atoms with Crippen molar-refractivity contribution >= 4 is 10.1 Å². The average molecular weight is 148 g/mol. The van der Waals surface area contributed by atoms with Crippen molar-refractivity contribution in [1.29, 1.82) is 0 Å². The highest BCUT2D eigenvalue weighted by molar-refractivity contribution is 7.89. The summed E-state index contributed by atoms with van der Waals surface area (Å²) in [4.78, 5) is 0. The third-order valence-corrected chi connectivity index (χ3v) is 2.13. The van der Waals surface area contributed by atoms with E-state index >= 15 is 0 Å². The zero-order valence-electron chi connectivity index (χ0n) is 5.07. The number of hydrogen-bond acceptors (Lipinski definition) is 3. The summed E-state index contributed by atoms with van der Waals surface area (Å²) in [6, 6.07) is 0. The van der Waals surface area contributed by atoms with E-state index in [9.17, 15) is 8.42 Å². The van der Waals surface area contributed by atoms with Gasteiger partial charge in [-0.2, -0.15) is 8.42 Å². The van der Waals surface area contributed by atoms with Gasteiger partial charge in [0.1, 0.15) is 0 Å². The summed E-state index contributed by atoms with van der Waals surface area (Å²) in [5.41, 5.74) is 0. The van der Waals surface area contributed by atoms with Gasteiger partial charge in [-0.25, -0.2) is 0 Å². The molecule has 0 saturated carbocycles. The molecule has 0 fully saturated rings. The summed E-state index contributed by atoms with van der Waals surface area (Å²) < 4.78 is 25.5. The summed E-state index contributed by atoms with van der Waals surface area (Å²) in [6.07, 6.45) is 2.03. The molecule has 3 nitrogen and oxygen atoms in total. The van der Waals surface area contributed by atoms with Crippen molar-refractivity contribution in [2.45, 2.75) is 19.4 Å². The van der Waals surface area contributed by atoms with Crippen molar-refractivity contribution in [2.24, 2.45) is 0 Å². The van der Waals surface area contributed by atoms with Gasteiger partial charge in [0.2, 0.25) is 0 Å². The van der Waals surface area contributed by atoms with Crippen LogP contribution in [0, 0.1) is 0 Å². The molecule has 1 aliphatic heterocycles. The van der Waals surface area contributed by atoms with Crippen molar-refractivity contribution in [1.82, 2.24) is 0 Å². The zero-order valence-corrected chi connectivity index (χ0v) is 5.89. The molecule has 9 heavy (non-hydrogen) atoms. The predicted octanol–water partition coefficient (Wildman–Crippen LogP) is 0.639. The van der Waals surface area contributed by atoms with Crippen LogP contribution in [-0.2, 0) is 14.3 Å². The zero-order chi connectivity index (χ0) is 6.91. The van der Waals surface area contributed by atoms with Gasteiger partial charge in [-0.1, -0.05) is 6.92 Å². The van der Waals surface area contributed by atoms with E-state index in [1.165, 1.54) is 0 Å². The molecule has 1 atom stereocenters. The topological polar surface area (TPSA) is 43.4 Å². The standard InChI is InChI=1S/C5H8O3S/c1-2-5-3-4-9(6,7)8-5/h3-5H,2H2,1H3. The van der Waals surface area contributed by atoms with Crippen LogP contribution in [-0.4, -0.2) is 14.5 Å². The molecular weight excluding hydrogens is 140 g/mol. The Bertz CT molecular complexity index is 214. The van der Waals surface area contributed by atoms with Crippen LogP contribution in [0.1, 0.15) is 13.3 Å². The summed E-state index contributed by atoms with van der Waals surface area (Å²) in [7, 11) is -3.29. The minimum absolute atomic E-state index is 0.227. The first kappa shape index (κ1) is 6.77. The SMILES string of the molecule is CCC1C=CS(=O)(=O)O1. The van der Waals surface area contributed by atoms with Gasteiger partial charge >= 0.3 is 0 Å². The van der Waals surface area contributed by atoms with E-state index in [4.69, 9.17) is 0 Å². The lowest BCUT2D eigenvalue weighted by Crippen LogP contribution is -2.05. The predicted molar refractivity (Wildman–Crippen MR) is 33.2 cm³/mol. The third-order valence-electron chi connectivity index (χ3n) is 1.12. The van der Waals surface area contributed by atoms with Gasteiger partial charge in [0, 0.05) is 0 Å². The van der Waals surface area contributed by atoms with Crippen LogP contribution >= 0.6 is 0 Å². The van der Waals surface area contributed by atoms with Crippen LogP contribution in [0.4, 0.5) is 0 Å². The van der Waals surface area contributed by atoms with Gasteiger partial charge in [-0.15, -0.1) is 0 Å². The summed E-state index contributed by atoms with van der Waals surface area (Å²) >= 11 is 0. The lowest BCUT2D eigenvalue weighted by atomic mass is 10.3. The molecule has 0 aromatic rings. The van der Waals surface area contributed by atoms with E-state index in [1.807, 2.05) is 6.92 Å². The second-order valence-electron chi connectivity index (χ2n) is 1.86. The fourth-order valence-corrected chi connectivity index (χ4v) is 1.60. The maximum Gasteiger partial charge on any atom is 0.290 e. The Hall–Kier alpha value is -0.350. The molecule has 0 radical (unpaired) electrons. The molecule has 0 aromatic carbocycles. The first-order valence-corrected chi connectivity index (χ1v) is 4.22. The lowest BCUT2D eigenvalue weighted by Gasteiger charge is -1.99. The lowest BCUT2D eigenvalue weighted by molar-refractivity contribution is 0.266. The molecule has 1 aliphatic rings.